The molecule has 0 radical (unpaired) electrons. The molecule has 2 aliphatic rings. The molecular formula is C20H25N5O2. The van der Waals surface area contributed by atoms with Crippen molar-refractivity contribution in [2.75, 3.05) is 39.3 Å². The van der Waals surface area contributed by atoms with Gasteiger partial charge in [0.25, 0.3) is 5.91 Å². The fraction of sp³-hybridized carbons (Fsp3) is 0.450. The highest BCUT2D eigenvalue weighted by Gasteiger charge is 2.35. The van der Waals surface area contributed by atoms with Gasteiger partial charge in [-0.3, -0.25) is 19.5 Å². The molecular weight excluding hydrogens is 342 g/mol. The van der Waals surface area contributed by atoms with Gasteiger partial charge in [0.15, 0.2) is 0 Å². The Morgan fingerprint density at radius 3 is 2.33 bits per heavy atom. The normalized spacial score (nSPS) is 19.3. The molecule has 2 aliphatic heterocycles. The number of hydrogen-bond donors (Lipinski definition) is 1. The summed E-state index contributed by atoms with van der Waals surface area (Å²) in [6.07, 6.45) is 7.54. The summed E-state index contributed by atoms with van der Waals surface area (Å²) >= 11 is 0. The monoisotopic (exact) mass is 367 g/mol. The third-order valence-corrected chi connectivity index (χ3v) is 5.45. The van der Waals surface area contributed by atoms with Crippen LogP contribution < -0.4 is 0 Å². The number of rotatable bonds is 4. The Balaban J connectivity index is 1.44. The van der Waals surface area contributed by atoms with Crippen molar-refractivity contribution in [2.45, 2.75) is 18.9 Å². The number of nitrogens with one attached hydrogen (secondary N) is 1. The minimum atomic E-state index is -0.271. The third kappa shape index (κ3) is 3.73. The van der Waals surface area contributed by atoms with Crippen molar-refractivity contribution in [1.29, 1.82) is 0 Å². The van der Waals surface area contributed by atoms with Crippen molar-refractivity contribution < 1.29 is 9.59 Å². The lowest BCUT2D eigenvalue weighted by Crippen LogP contribution is -2.53. The van der Waals surface area contributed by atoms with Crippen molar-refractivity contribution in [2.24, 2.45) is 0 Å². The molecule has 2 amide bonds. The molecule has 2 aromatic rings. The van der Waals surface area contributed by atoms with Gasteiger partial charge < -0.3 is 14.8 Å². The zero-order valence-corrected chi connectivity index (χ0v) is 15.4. The van der Waals surface area contributed by atoms with Crippen LogP contribution in [0.15, 0.2) is 42.9 Å². The van der Waals surface area contributed by atoms with Gasteiger partial charge in [-0.15, -0.1) is 0 Å². The van der Waals surface area contributed by atoms with Gasteiger partial charge in [-0.25, -0.2) is 0 Å². The Morgan fingerprint density at radius 2 is 1.70 bits per heavy atom. The van der Waals surface area contributed by atoms with Crippen molar-refractivity contribution >= 4 is 11.8 Å². The lowest BCUT2D eigenvalue weighted by atomic mass is 10.1. The first-order chi connectivity index (χ1) is 13.2. The Hall–Kier alpha value is -2.67. The first kappa shape index (κ1) is 17.7. The average molecular weight is 367 g/mol. The van der Waals surface area contributed by atoms with E-state index in [1.807, 2.05) is 28.0 Å². The summed E-state index contributed by atoms with van der Waals surface area (Å²) in [7, 11) is 0. The molecule has 0 aromatic carbocycles. The van der Waals surface area contributed by atoms with Crippen LogP contribution in [0.25, 0.3) is 0 Å². The Morgan fingerprint density at radius 1 is 0.963 bits per heavy atom. The van der Waals surface area contributed by atoms with Gasteiger partial charge in [0.1, 0.15) is 11.7 Å². The van der Waals surface area contributed by atoms with Crippen molar-refractivity contribution in [3.05, 3.63) is 54.1 Å². The number of hydrogen-bond acceptors (Lipinski definition) is 4. The number of carbonyl (C=O) groups excluding carboxylic acids is 2. The summed E-state index contributed by atoms with van der Waals surface area (Å²) < 4.78 is 0. The molecule has 2 fully saturated rings. The SMILES string of the molecule is O=C(c1ccc[nH]1)N1CCN(C(=O)[C@H](c2cccnc2)N2CCCC2)CC1. The second kappa shape index (κ2) is 7.92. The number of likely N-dealkylation sites (tertiary alicyclic amines) is 1. The maximum atomic E-state index is 13.3. The summed E-state index contributed by atoms with van der Waals surface area (Å²) in [5.41, 5.74) is 1.55. The van der Waals surface area contributed by atoms with Crippen LogP contribution in [0.4, 0.5) is 0 Å². The van der Waals surface area contributed by atoms with Crippen LogP contribution in [0.2, 0.25) is 0 Å². The summed E-state index contributed by atoms with van der Waals surface area (Å²) in [6.45, 7) is 4.13. The molecule has 142 valence electrons. The Kier molecular flexibility index (Phi) is 5.20. The summed E-state index contributed by atoms with van der Waals surface area (Å²) in [4.78, 5) is 39.0. The molecule has 0 spiro atoms. The molecule has 7 heteroatoms. The lowest BCUT2D eigenvalue weighted by Gasteiger charge is -2.38. The molecule has 4 rings (SSSR count). The van der Waals surface area contributed by atoms with Gasteiger partial charge in [-0.1, -0.05) is 6.07 Å². The number of carbonyl (C=O) groups is 2. The number of piperazine rings is 1. The fourth-order valence-corrected chi connectivity index (χ4v) is 3.98. The van der Waals surface area contributed by atoms with E-state index in [1.165, 1.54) is 0 Å². The van der Waals surface area contributed by atoms with E-state index in [-0.39, 0.29) is 17.9 Å². The molecule has 0 saturated carbocycles. The van der Waals surface area contributed by atoms with E-state index in [0.717, 1.165) is 31.5 Å². The minimum Gasteiger partial charge on any atom is -0.357 e. The standard InChI is InChI=1S/C20H25N5O2/c26-19(17-6-4-8-22-17)24-11-13-25(14-12-24)20(27)18(23-9-1-2-10-23)16-5-3-7-21-15-16/h3-8,15,18,22H,1-2,9-14H2/t18-/m0/s1. The molecule has 0 bridgehead atoms. The quantitative estimate of drug-likeness (QED) is 0.890. The van der Waals surface area contributed by atoms with Crippen molar-refractivity contribution in [3.63, 3.8) is 0 Å². The number of H-pyrrole nitrogens is 1. The molecule has 27 heavy (non-hydrogen) atoms. The number of aromatic amines is 1. The van der Waals surface area contributed by atoms with Crippen LogP contribution in [-0.4, -0.2) is 75.8 Å². The summed E-state index contributed by atoms with van der Waals surface area (Å²) in [5.74, 6) is 0.118. The summed E-state index contributed by atoms with van der Waals surface area (Å²) in [5, 5.41) is 0. The Labute approximate surface area is 159 Å². The van der Waals surface area contributed by atoms with Crippen LogP contribution in [0.3, 0.4) is 0 Å². The van der Waals surface area contributed by atoms with Crippen LogP contribution >= 0.6 is 0 Å². The molecule has 1 atom stereocenters. The predicted molar refractivity (Wildman–Crippen MR) is 101 cm³/mol. The third-order valence-electron chi connectivity index (χ3n) is 5.45. The molecule has 0 aliphatic carbocycles. The van der Waals surface area contributed by atoms with E-state index in [4.69, 9.17) is 0 Å². The van der Waals surface area contributed by atoms with Crippen LogP contribution in [0.1, 0.15) is 34.9 Å². The highest BCUT2D eigenvalue weighted by molar-refractivity contribution is 5.92. The maximum Gasteiger partial charge on any atom is 0.270 e. The fourth-order valence-electron chi connectivity index (χ4n) is 3.98. The second-order valence-corrected chi connectivity index (χ2v) is 7.13. The average Bonchev–Trinajstić information content (AvgIpc) is 3.43. The van der Waals surface area contributed by atoms with E-state index >= 15 is 0 Å². The second-order valence-electron chi connectivity index (χ2n) is 7.13. The van der Waals surface area contributed by atoms with Gasteiger partial charge >= 0.3 is 0 Å². The molecule has 1 N–H and O–H groups in total. The van der Waals surface area contributed by atoms with Crippen molar-refractivity contribution in [3.8, 4) is 0 Å². The van der Waals surface area contributed by atoms with Crippen LogP contribution in [0.5, 0.6) is 0 Å². The lowest BCUT2D eigenvalue weighted by molar-refractivity contribution is -0.138. The van der Waals surface area contributed by atoms with Gasteiger partial charge in [0.2, 0.25) is 5.91 Å². The topological polar surface area (TPSA) is 72.5 Å². The maximum absolute atomic E-state index is 13.3. The molecule has 2 saturated heterocycles. The van der Waals surface area contributed by atoms with Gasteiger partial charge in [-0.05, 0) is 49.7 Å². The highest BCUT2D eigenvalue weighted by atomic mass is 16.2. The smallest absolute Gasteiger partial charge is 0.270 e. The van der Waals surface area contributed by atoms with Gasteiger partial charge in [0.05, 0.1) is 0 Å². The molecule has 2 aromatic heterocycles. The highest BCUT2D eigenvalue weighted by Crippen LogP contribution is 2.27. The number of aromatic nitrogens is 2. The number of nitrogens with zero attached hydrogens (tertiary/aromatic N) is 4. The molecule has 4 heterocycles. The van der Waals surface area contributed by atoms with E-state index < -0.39 is 0 Å². The predicted octanol–water partition coefficient (Wildman–Crippen LogP) is 1.53. The minimum absolute atomic E-state index is 0.00421. The van der Waals surface area contributed by atoms with Crippen molar-refractivity contribution in [1.82, 2.24) is 24.7 Å². The first-order valence-electron chi connectivity index (χ1n) is 9.59. The van der Waals surface area contributed by atoms with Gasteiger partial charge in [-0.2, -0.15) is 0 Å². The van der Waals surface area contributed by atoms with Crippen LogP contribution in [0, 0.1) is 0 Å². The zero-order chi connectivity index (χ0) is 18.6. The first-order valence-corrected chi connectivity index (χ1v) is 9.59. The Bertz CT molecular complexity index is 763. The van der Waals surface area contributed by atoms with E-state index in [0.29, 0.717) is 31.9 Å². The largest absolute Gasteiger partial charge is 0.357 e. The molecule has 0 unspecified atom stereocenters. The van der Waals surface area contributed by atoms with E-state index in [9.17, 15) is 9.59 Å². The van der Waals surface area contributed by atoms with E-state index in [1.54, 1.807) is 24.7 Å². The number of pyridine rings is 1. The number of amides is 2. The zero-order valence-electron chi connectivity index (χ0n) is 15.4. The summed E-state index contributed by atoms with van der Waals surface area (Å²) in [6, 6.07) is 7.21. The molecule has 7 nitrogen and oxygen atoms in total. The van der Waals surface area contributed by atoms with Crippen LogP contribution in [-0.2, 0) is 4.79 Å². The van der Waals surface area contributed by atoms with Gasteiger partial charge in [0, 0.05) is 44.8 Å². The van der Waals surface area contributed by atoms with E-state index in [2.05, 4.69) is 14.9 Å².